The molecular weight excluding hydrogens is 394 g/mol. The van der Waals surface area contributed by atoms with Crippen LogP contribution in [0.3, 0.4) is 0 Å². The van der Waals surface area contributed by atoms with Crippen LogP contribution < -0.4 is 15.8 Å². The first-order valence-electron chi connectivity index (χ1n) is 10.0. The van der Waals surface area contributed by atoms with Crippen LogP contribution in [0.15, 0.2) is 39.6 Å². The molecule has 158 valence electrons. The van der Waals surface area contributed by atoms with E-state index in [2.05, 4.69) is 4.85 Å². The number of anilines is 1. The fourth-order valence-electron chi connectivity index (χ4n) is 4.02. The number of fused-ring (bicyclic) bond motifs is 1. The summed E-state index contributed by atoms with van der Waals surface area (Å²) in [6.07, 6.45) is 2.46. The van der Waals surface area contributed by atoms with Crippen molar-refractivity contribution in [2.45, 2.75) is 39.0 Å². The predicted molar refractivity (Wildman–Crippen MR) is 120 cm³/mol. The molecule has 0 aromatic heterocycles. The lowest BCUT2D eigenvalue weighted by atomic mass is 9.82. The Labute approximate surface area is 180 Å². The molecule has 2 aromatic rings. The van der Waals surface area contributed by atoms with E-state index in [1.807, 2.05) is 48.9 Å². The quantitative estimate of drug-likeness (QED) is 0.323. The minimum absolute atomic E-state index is 0.0549. The molecule has 0 aliphatic carbocycles. The van der Waals surface area contributed by atoms with Gasteiger partial charge in [0.25, 0.3) is 5.70 Å². The van der Waals surface area contributed by atoms with E-state index in [0.29, 0.717) is 19.6 Å². The van der Waals surface area contributed by atoms with Gasteiger partial charge in [-0.1, -0.05) is 32.0 Å². The molecular formula is C24H23N3O4. The highest BCUT2D eigenvalue weighted by Crippen LogP contribution is 2.48. The number of allylic oxidation sites excluding steroid dienone is 1. The van der Waals surface area contributed by atoms with Crippen molar-refractivity contribution < 1.29 is 9.53 Å². The van der Waals surface area contributed by atoms with E-state index < -0.39 is 16.3 Å². The summed E-state index contributed by atoms with van der Waals surface area (Å²) in [5.74, 6) is 1.69. The van der Waals surface area contributed by atoms with Crippen molar-refractivity contribution in [3.63, 3.8) is 0 Å². The molecule has 0 saturated carbocycles. The normalized spacial score (nSPS) is 15.4. The number of esters is 1. The average Bonchev–Trinajstić information content (AvgIpc) is 2.97. The van der Waals surface area contributed by atoms with Crippen molar-refractivity contribution >= 4 is 29.3 Å². The Morgan fingerprint density at radius 2 is 2.00 bits per heavy atom. The Morgan fingerprint density at radius 3 is 2.65 bits per heavy atom. The summed E-state index contributed by atoms with van der Waals surface area (Å²) in [4.78, 5) is 41.4. The van der Waals surface area contributed by atoms with Gasteiger partial charge in [-0.05, 0) is 36.9 Å². The fraction of sp³-hybridized carbons (Fsp3) is 0.333. The molecule has 1 aliphatic heterocycles. The van der Waals surface area contributed by atoms with E-state index in [9.17, 15) is 14.4 Å². The van der Waals surface area contributed by atoms with Crippen LogP contribution in [0, 0.1) is 12.0 Å². The molecule has 0 radical (unpaired) electrons. The fourth-order valence-corrected chi connectivity index (χ4v) is 4.02. The number of rotatable bonds is 7. The monoisotopic (exact) mass is 417 g/mol. The number of hydrogen-bond donors (Lipinski definition) is 1. The molecule has 2 aromatic carbocycles. The highest BCUT2D eigenvalue weighted by molar-refractivity contribution is 5.96. The highest BCUT2D eigenvalue weighted by atomic mass is 16.5. The summed E-state index contributed by atoms with van der Waals surface area (Å²) in [7, 11) is 0. The van der Waals surface area contributed by atoms with Crippen LogP contribution in [0.4, 0.5) is 5.69 Å². The molecule has 31 heavy (non-hydrogen) atoms. The molecule has 7 nitrogen and oxygen atoms in total. The smallest absolute Gasteiger partial charge is 0.305 e. The molecule has 1 N–H and O–H groups in total. The Bertz CT molecular complexity index is 1230. The number of benzene rings is 1. The second-order valence-corrected chi connectivity index (χ2v) is 7.76. The standard InChI is InChI=1S/C24H23N3O4/c1-5-31-20(28)11-8-12-27-18-10-7-6-9-16(18)24(2,3)19(27)13-15-21(17(14-25)26-4)23(30)22(15)29/h6-7,9-10,13,25H,5,8,11-12H2,1-3H3. The van der Waals surface area contributed by atoms with E-state index in [-0.39, 0.29) is 29.2 Å². The zero-order chi connectivity index (χ0) is 22.8. The zero-order valence-corrected chi connectivity index (χ0v) is 17.7. The minimum Gasteiger partial charge on any atom is -0.466 e. The molecule has 0 spiro atoms. The number of nitrogens with zero attached hydrogens (tertiary/aromatic N) is 2. The molecule has 1 heterocycles. The van der Waals surface area contributed by atoms with Gasteiger partial charge < -0.3 is 9.64 Å². The van der Waals surface area contributed by atoms with Crippen molar-refractivity contribution in [1.82, 2.24) is 0 Å². The summed E-state index contributed by atoms with van der Waals surface area (Å²) < 4.78 is 5.01. The third-order valence-corrected chi connectivity index (χ3v) is 5.56. The maximum absolute atomic E-state index is 12.3. The van der Waals surface area contributed by atoms with Gasteiger partial charge in [-0.25, -0.2) is 4.85 Å². The van der Waals surface area contributed by atoms with E-state index in [1.165, 1.54) is 0 Å². The van der Waals surface area contributed by atoms with Crippen LogP contribution in [0.5, 0.6) is 0 Å². The number of para-hydroxylation sites is 1. The van der Waals surface area contributed by atoms with E-state index >= 15 is 0 Å². The topological polar surface area (TPSA) is 91.9 Å². The highest BCUT2D eigenvalue weighted by Gasteiger charge is 2.40. The number of ether oxygens (including phenoxy) is 1. The van der Waals surface area contributed by atoms with Crippen LogP contribution >= 0.6 is 0 Å². The minimum atomic E-state index is -0.764. The van der Waals surface area contributed by atoms with Crippen molar-refractivity contribution in [3.05, 3.63) is 78.5 Å². The molecule has 7 heteroatoms. The average molecular weight is 417 g/mol. The maximum atomic E-state index is 12.3. The molecule has 0 bridgehead atoms. The van der Waals surface area contributed by atoms with Gasteiger partial charge in [0.15, 0.2) is 0 Å². The lowest BCUT2D eigenvalue weighted by Crippen LogP contribution is -2.38. The first kappa shape index (κ1) is 21.9. The lowest BCUT2D eigenvalue weighted by Gasteiger charge is -2.27. The molecule has 0 atom stereocenters. The van der Waals surface area contributed by atoms with E-state index in [1.54, 1.807) is 13.0 Å². The third-order valence-electron chi connectivity index (χ3n) is 5.56. The molecule has 0 saturated heterocycles. The van der Waals surface area contributed by atoms with Gasteiger partial charge >= 0.3 is 5.97 Å². The second kappa shape index (κ2) is 8.55. The van der Waals surface area contributed by atoms with Crippen molar-refractivity contribution in [3.8, 4) is 0 Å². The van der Waals surface area contributed by atoms with Crippen molar-refractivity contribution in [2.75, 3.05) is 18.1 Å². The van der Waals surface area contributed by atoms with E-state index in [0.717, 1.165) is 16.9 Å². The van der Waals surface area contributed by atoms with Gasteiger partial charge in [-0.2, -0.15) is 0 Å². The SMILES string of the molecule is [C-]#[N+]C(=C=N)c1c(C=C2N(CCCC(=O)OCC)c3ccccc3C2(C)C)c(=O)c1=O. The first-order valence-corrected chi connectivity index (χ1v) is 10.0. The van der Waals surface area contributed by atoms with Gasteiger partial charge in [-0.3, -0.25) is 19.8 Å². The van der Waals surface area contributed by atoms with Gasteiger partial charge in [0.05, 0.1) is 18.7 Å². The van der Waals surface area contributed by atoms with Crippen LogP contribution in [0.25, 0.3) is 16.6 Å². The largest absolute Gasteiger partial charge is 0.466 e. The van der Waals surface area contributed by atoms with Crippen LogP contribution in [-0.4, -0.2) is 25.0 Å². The first-order chi connectivity index (χ1) is 14.8. The van der Waals surface area contributed by atoms with Gasteiger partial charge in [0.2, 0.25) is 10.9 Å². The van der Waals surface area contributed by atoms with Gasteiger partial charge in [0.1, 0.15) is 0 Å². The molecule has 0 fully saturated rings. The summed E-state index contributed by atoms with van der Waals surface area (Å²) >= 11 is 0. The molecule has 0 unspecified atom stereocenters. The Balaban J connectivity index is 2.06. The number of hydrogen-bond acceptors (Lipinski definition) is 6. The van der Waals surface area contributed by atoms with Crippen molar-refractivity contribution in [1.29, 1.82) is 5.41 Å². The van der Waals surface area contributed by atoms with Gasteiger partial charge in [0, 0.05) is 35.3 Å². The Morgan fingerprint density at radius 1 is 1.29 bits per heavy atom. The van der Waals surface area contributed by atoms with Crippen LogP contribution in [0.2, 0.25) is 0 Å². The Kier molecular flexibility index (Phi) is 6.05. The van der Waals surface area contributed by atoms with Crippen LogP contribution in [-0.2, 0) is 14.9 Å². The van der Waals surface area contributed by atoms with Gasteiger partial charge in [-0.15, -0.1) is 0 Å². The summed E-state index contributed by atoms with van der Waals surface area (Å²) in [5, 5.41) is 7.27. The molecule has 1 aliphatic rings. The predicted octanol–water partition coefficient (Wildman–Crippen LogP) is 3.27. The van der Waals surface area contributed by atoms with Crippen LogP contribution in [0.1, 0.15) is 50.3 Å². The molecule has 0 amide bonds. The second-order valence-electron chi connectivity index (χ2n) is 7.76. The Hall–Kier alpha value is -3.75. The molecule has 3 rings (SSSR count). The van der Waals surface area contributed by atoms with Crippen molar-refractivity contribution in [2.24, 2.45) is 0 Å². The zero-order valence-electron chi connectivity index (χ0n) is 17.7. The number of carbonyl (C=O) groups excluding carboxylic acids is 1. The summed E-state index contributed by atoms with van der Waals surface area (Å²) in [6, 6.07) is 7.86. The number of carbonyl (C=O) groups is 1. The summed E-state index contributed by atoms with van der Waals surface area (Å²) in [6.45, 7) is 13.8. The third kappa shape index (κ3) is 3.74. The maximum Gasteiger partial charge on any atom is 0.305 e. The van der Waals surface area contributed by atoms with E-state index in [4.69, 9.17) is 16.7 Å². The summed E-state index contributed by atoms with van der Waals surface area (Å²) in [5.41, 5.74) is 0.726. The lowest BCUT2D eigenvalue weighted by molar-refractivity contribution is -0.143. The number of nitrogens with one attached hydrogen (secondary N) is 1.